The maximum absolute atomic E-state index is 12.2. The van der Waals surface area contributed by atoms with Gasteiger partial charge in [-0.15, -0.1) is 0 Å². The summed E-state index contributed by atoms with van der Waals surface area (Å²) < 4.78 is 5.76. The highest BCUT2D eigenvalue weighted by Crippen LogP contribution is 2.20. The van der Waals surface area contributed by atoms with Crippen molar-refractivity contribution in [2.45, 2.75) is 52.2 Å². The predicted molar refractivity (Wildman–Crippen MR) is 89.2 cm³/mol. The largest absolute Gasteiger partial charge is 0.491 e. The van der Waals surface area contributed by atoms with Gasteiger partial charge in [0.15, 0.2) is 0 Å². The minimum atomic E-state index is 0.0610. The maximum Gasteiger partial charge on any atom is 0.224 e. The van der Waals surface area contributed by atoms with E-state index in [2.05, 4.69) is 17.1 Å². The van der Waals surface area contributed by atoms with Crippen molar-refractivity contribution in [3.63, 3.8) is 0 Å². The van der Waals surface area contributed by atoms with E-state index in [0.29, 0.717) is 19.0 Å². The van der Waals surface area contributed by atoms with Crippen LogP contribution in [0, 0.1) is 0 Å². The third-order valence-electron chi connectivity index (χ3n) is 4.04. The first kappa shape index (κ1) is 16.8. The number of nitrogens with zero attached hydrogens (tertiary/aromatic N) is 1. The lowest BCUT2D eigenvalue weighted by atomic mass is 10.1. The Balaban J connectivity index is 1.84. The molecule has 1 aromatic carbocycles. The molecule has 1 saturated heterocycles. The highest BCUT2D eigenvalue weighted by molar-refractivity contribution is 5.79. The highest BCUT2D eigenvalue weighted by atomic mass is 16.5. The molecule has 0 aromatic heterocycles. The van der Waals surface area contributed by atoms with E-state index >= 15 is 0 Å². The lowest BCUT2D eigenvalue weighted by Gasteiger charge is -2.24. The summed E-state index contributed by atoms with van der Waals surface area (Å²) in [4.78, 5) is 14.6. The second-order valence-electron chi connectivity index (χ2n) is 6.35. The van der Waals surface area contributed by atoms with Gasteiger partial charge in [0.1, 0.15) is 5.75 Å². The Morgan fingerprint density at radius 3 is 2.59 bits per heavy atom. The fourth-order valence-corrected chi connectivity index (χ4v) is 2.83. The predicted octanol–water partition coefficient (Wildman–Crippen LogP) is 2.62. The lowest BCUT2D eigenvalue weighted by molar-refractivity contribution is -0.120. The molecule has 1 aromatic rings. The van der Waals surface area contributed by atoms with Crippen LogP contribution in [-0.2, 0) is 11.2 Å². The molecule has 0 aliphatic carbocycles. The molecule has 1 amide bonds. The average Bonchev–Trinajstić information content (AvgIpc) is 3.00. The van der Waals surface area contributed by atoms with Crippen molar-refractivity contribution in [2.24, 2.45) is 0 Å². The molecule has 0 saturated carbocycles. The minimum absolute atomic E-state index is 0.0610. The van der Waals surface area contributed by atoms with Gasteiger partial charge in [-0.25, -0.2) is 0 Å². The average molecular weight is 304 g/mol. The summed E-state index contributed by atoms with van der Waals surface area (Å²) in [6.45, 7) is 9.20. The van der Waals surface area contributed by atoms with Crippen LogP contribution in [-0.4, -0.2) is 42.6 Å². The lowest BCUT2D eigenvalue weighted by Crippen LogP contribution is -2.41. The van der Waals surface area contributed by atoms with Gasteiger partial charge in [-0.3, -0.25) is 9.69 Å². The fourth-order valence-electron chi connectivity index (χ4n) is 2.83. The molecule has 1 aliphatic rings. The van der Waals surface area contributed by atoms with E-state index in [1.54, 1.807) is 0 Å². The minimum Gasteiger partial charge on any atom is -0.491 e. The van der Waals surface area contributed by atoms with E-state index < -0.39 is 0 Å². The quantitative estimate of drug-likeness (QED) is 0.842. The first-order valence-electron chi connectivity index (χ1n) is 8.31. The van der Waals surface area contributed by atoms with Crippen molar-refractivity contribution in [1.29, 1.82) is 0 Å². The molecule has 122 valence electrons. The van der Waals surface area contributed by atoms with Gasteiger partial charge in [-0.05, 0) is 52.8 Å². The standard InChI is InChI=1S/C18H28N2O2/c1-14(2)22-17-9-5-4-8-16(17)12-18(21)19-13-15(3)20-10-6-7-11-20/h4-5,8-9,14-15H,6-7,10-13H2,1-3H3,(H,19,21). The summed E-state index contributed by atoms with van der Waals surface area (Å²) >= 11 is 0. The van der Waals surface area contributed by atoms with Crippen molar-refractivity contribution in [2.75, 3.05) is 19.6 Å². The van der Waals surface area contributed by atoms with Crippen LogP contribution in [0.1, 0.15) is 39.2 Å². The zero-order valence-electron chi connectivity index (χ0n) is 14.0. The number of ether oxygens (including phenoxy) is 1. The number of carbonyl (C=O) groups is 1. The number of carbonyl (C=O) groups excluding carboxylic acids is 1. The zero-order valence-corrected chi connectivity index (χ0v) is 14.0. The third-order valence-corrected chi connectivity index (χ3v) is 4.04. The molecule has 2 rings (SSSR count). The van der Waals surface area contributed by atoms with Gasteiger partial charge in [-0.2, -0.15) is 0 Å². The molecule has 1 unspecified atom stereocenters. The number of benzene rings is 1. The van der Waals surface area contributed by atoms with E-state index in [-0.39, 0.29) is 12.0 Å². The number of likely N-dealkylation sites (tertiary alicyclic amines) is 1. The topological polar surface area (TPSA) is 41.6 Å². The monoisotopic (exact) mass is 304 g/mol. The van der Waals surface area contributed by atoms with Gasteiger partial charge in [0.2, 0.25) is 5.91 Å². The highest BCUT2D eigenvalue weighted by Gasteiger charge is 2.18. The van der Waals surface area contributed by atoms with Crippen LogP contribution < -0.4 is 10.1 Å². The van der Waals surface area contributed by atoms with Gasteiger partial charge in [0, 0.05) is 18.2 Å². The number of rotatable bonds is 7. The maximum atomic E-state index is 12.2. The smallest absolute Gasteiger partial charge is 0.224 e. The first-order valence-corrected chi connectivity index (χ1v) is 8.31. The Hall–Kier alpha value is -1.55. The molecule has 0 bridgehead atoms. The van der Waals surface area contributed by atoms with Crippen LogP contribution in [0.25, 0.3) is 0 Å². The van der Waals surface area contributed by atoms with E-state index in [4.69, 9.17) is 4.74 Å². The first-order chi connectivity index (χ1) is 10.6. The van der Waals surface area contributed by atoms with Crippen molar-refractivity contribution in [3.05, 3.63) is 29.8 Å². The van der Waals surface area contributed by atoms with Crippen molar-refractivity contribution in [1.82, 2.24) is 10.2 Å². The molecule has 1 fully saturated rings. The number of hydrogen-bond acceptors (Lipinski definition) is 3. The van der Waals surface area contributed by atoms with Gasteiger partial charge in [-0.1, -0.05) is 18.2 Å². The van der Waals surface area contributed by atoms with Gasteiger partial charge in [0.25, 0.3) is 0 Å². The zero-order chi connectivity index (χ0) is 15.9. The van der Waals surface area contributed by atoms with Crippen LogP contribution in [0.2, 0.25) is 0 Å². The summed E-state index contributed by atoms with van der Waals surface area (Å²) in [7, 11) is 0. The van der Waals surface area contributed by atoms with Crippen LogP contribution in [0.15, 0.2) is 24.3 Å². The fraction of sp³-hybridized carbons (Fsp3) is 0.611. The molecule has 4 heteroatoms. The van der Waals surface area contributed by atoms with Crippen LogP contribution in [0.5, 0.6) is 5.75 Å². The Kier molecular flexibility index (Phi) is 6.25. The third kappa shape index (κ3) is 5.02. The Bertz CT molecular complexity index is 482. The Morgan fingerprint density at radius 2 is 1.91 bits per heavy atom. The van der Waals surface area contributed by atoms with E-state index in [1.807, 2.05) is 38.1 Å². The second-order valence-corrected chi connectivity index (χ2v) is 6.35. The van der Waals surface area contributed by atoms with Crippen molar-refractivity contribution >= 4 is 5.91 Å². The van der Waals surface area contributed by atoms with Gasteiger partial charge < -0.3 is 10.1 Å². The summed E-state index contributed by atoms with van der Waals surface area (Å²) in [6.07, 6.45) is 3.03. The molecular weight excluding hydrogens is 276 g/mol. The number of amides is 1. The van der Waals surface area contributed by atoms with Crippen LogP contribution >= 0.6 is 0 Å². The van der Waals surface area contributed by atoms with Crippen LogP contribution in [0.3, 0.4) is 0 Å². The molecule has 1 N–H and O–H groups in total. The summed E-state index contributed by atoms with van der Waals surface area (Å²) in [5, 5.41) is 3.05. The molecule has 0 spiro atoms. The summed E-state index contributed by atoms with van der Waals surface area (Å²) in [5.41, 5.74) is 0.947. The van der Waals surface area contributed by atoms with E-state index in [0.717, 1.165) is 24.4 Å². The van der Waals surface area contributed by atoms with Crippen LogP contribution in [0.4, 0.5) is 0 Å². The summed E-state index contributed by atoms with van der Waals surface area (Å²) in [5.74, 6) is 0.867. The van der Waals surface area contributed by atoms with Gasteiger partial charge >= 0.3 is 0 Å². The van der Waals surface area contributed by atoms with E-state index in [1.165, 1.54) is 12.8 Å². The number of hydrogen-bond donors (Lipinski definition) is 1. The Labute approximate surface area is 133 Å². The molecular formula is C18H28N2O2. The second kappa shape index (κ2) is 8.18. The Morgan fingerprint density at radius 1 is 1.23 bits per heavy atom. The molecule has 0 radical (unpaired) electrons. The number of nitrogens with one attached hydrogen (secondary N) is 1. The molecule has 1 heterocycles. The van der Waals surface area contributed by atoms with Crippen molar-refractivity contribution in [3.8, 4) is 5.75 Å². The normalized spacial score (nSPS) is 16.7. The summed E-state index contributed by atoms with van der Waals surface area (Å²) in [6, 6.07) is 8.18. The number of para-hydroxylation sites is 1. The SMILES string of the molecule is CC(C)Oc1ccccc1CC(=O)NCC(C)N1CCCC1. The molecule has 1 atom stereocenters. The molecule has 4 nitrogen and oxygen atoms in total. The van der Waals surface area contributed by atoms with Crippen molar-refractivity contribution < 1.29 is 9.53 Å². The molecule has 1 aliphatic heterocycles. The van der Waals surface area contributed by atoms with E-state index in [9.17, 15) is 4.79 Å². The molecule has 22 heavy (non-hydrogen) atoms. The van der Waals surface area contributed by atoms with Gasteiger partial charge in [0.05, 0.1) is 12.5 Å².